The lowest BCUT2D eigenvalue weighted by Crippen LogP contribution is -2.18. The molecule has 19 heavy (non-hydrogen) atoms. The first-order valence-corrected chi connectivity index (χ1v) is 6.79. The van der Waals surface area contributed by atoms with Crippen LogP contribution in [0.3, 0.4) is 0 Å². The van der Waals surface area contributed by atoms with Crippen molar-refractivity contribution in [3.8, 4) is 5.75 Å². The van der Waals surface area contributed by atoms with Gasteiger partial charge < -0.3 is 10.4 Å². The zero-order chi connectivity index (χ0) is 13.7. The molecule has 2 heteroatoms. The molecule has 0 spiro atoms. The normalized spacial score (nSPS) is 12.3. The standard InChI is InChI=1S/C17H21NO/c1-3-14-8-10-15(11-9-14)12-18-13(2)16-6-4-5-7-17(16)19/h4-11,13,18-19H,3,12H2,1-2H3. The van der Waals surface area contributed by atoms with E-state index in [9.17, 15) is 5.11 Å². The van der Waals surface area contributed by atoms with Crippen LogP contribution in [0, 0.1) is 0 Å². The molecule has 0 aliphatic heterocycles. The molecule has 2 rings (SSSR count). The summed E-state index contributed by atoms with van der Waals surface area (Å²) in [6.45, 7) is 5.03. The third-order valence-corrected chi connectivity index (χ3v) is 3.45. The van der Waals surface area contributed by atoms with Crippen molar-refractivity contribution < 1.29 is 5.11 Å². The van der Waals surface area contributed by atoms with E-state index in [2.05, 4.69) is 43.4 Å². The monoisotopic (exact) mass is 255 g/mol. The van der Waals surface area contributed by atoms with Crippen LogP contribution in [-0.2, 0) is 13.0 Å². The molecule has 0 saturated heterocycles. The average molecular weight is 255 g/mol. The van der Waals surface area contributed by atoms with Crippen LogP contribution in [0.2, 0.25) is 0 Å². The molecule has 0 radical (unpaired) electrons. The minimum Gasteiger partial charge on any atom is -0.508 e. The maximum Gasteiger partial charge on any atom is 0.120 e. The van der Waals surface area contributed by atoms with Gasteiger partial charge in [0, 0.05) is 18.2 Å². The van der Waals surface area contributed by atoms with Crippen LogP contribution in [0.1, 0.15) is 36.6 Å². The number of para-hydroxylation sites is 1. The van der Waals surface area contributed by atoms with Crippen molar-refractivity contribution in [2.45, 2.75) is 32.9 Å². The molecule has 1 atom stereocenters. The summed E-state index contributed by atoms with van der Waals surface area (Å²) >= 11 is 0. The van der Waals surface area contributed by atoms with E-state index in [-0.39, 0.29) is 6.04 Å². The number of phenolic OH excluding ortho intramolecular Hbond substituents is 1. The van der Waals surface area contributed by atoms with Gasteiger partial charge in [-0.25, -0.2) is 0 Å². The van der Waals surface area contributed by atoms with E-state index >= 15 is 0 Å². The van der Waals surface area contributed by atoms with E-state index in [1.165, 1.54) is 11.1 Å². The Hall–Kier alpha value is -1.80. The van der Waals surface area contributed by atoms with Gasteiger partial charge in [0.1, 0.15) is 5.75 Å². The van der Waals surface area contributed by atoms with Gasteiger partial charge in [0.05, 0.1) is 0 Å². The minimum absolute atomic E-state index is 0.132. The lowest BCUT2D eigenvalue weighted by molar-refractivity contribution is 0.452. The fraction of sp³-hybridized carbons (Fsp3) is 0.294. The summed E-state index contributed by atoms with van der Waals surface area (Å²) in [6.07, 6.45) is 1.07. The molecule has 0 bridgehead atoms. The number of aryl methyl sites for hydroxylation is 1. The lowest BCUT2D eigenvalue weighted by atomic mass is 10.1. The molecule has 0 amide bonds. The zero-order valence-electron chi connectivity index (χ0n) is 11.6. The second-order valence-electron chi connectivity index (χ2n) is 4.83. The summed E-state index contributed by atoms with van der Waals surface area (Å²) in [6, 6.07) is 16.2. The fourth-order valence-corrected chi connectivity index (χ4v) is 2.13. The Morgan fingerprint density at radius 2 is 1.63 bits per heavy atom. The molecular weight excluding hydrogens is 234 g/mol. The summed E-state index contributed by atoms with van der Waals surface area (Å²) in [4.78, 5) is 0. The molecule has 0 aliphatic rings. The third kappa shape index (κ3) is 3.58. The molecule has 1 unspecified atom stereocenters. The highest BCUT2D eigenvalue weighted by atomic mass is 16.3. The maximum absolute atomic E-state index is 9.81. The summed E-state index contributed by atoms with van der Waals surface area (Å²) < 4.78 is 0. The molecule has 100 valence electrons. The highest BCUT2D eigenvalue weighted by Gasteiger charge is 2.08. The van der Waals surface area contributed by atoms with Gasteiger partial charge in [-0.2, -0.15) is 0 Å². The minimum atomic E-state index is 0.132. The van der Waals surface area contributed by atoms with Gasteiger partial charge in [0.2, 0.25) is 0 Å². The van der Waals surface area contributed by atoms with E-state index in [4.69, 9.17) is 0 Å². The number of benzene rings is 2. The quantitative estimate of drug-likeness (QED) is 0.851. The first kappa shape index (κ1) is 13.6. The van der Waals surface area contributed by atoms with Gasteiger partial charge in [-0.05, 0) is 30.5 Å². The summed E-state index contributed by atoms with van der Waals surface area (Å²) in [5.41, 5.74) is 3.56. The zero-order valence-corrected chi connectivity index (χ0v) is 11.6. The Kier molecular flexibility index (Phi) is 4.58. The number of nitrogens with one attached hydrogen (secondary N) is 1. The van der Waals surface area contributed by atoms with E-state index in [0.29, 0.717) is 5.75 Å². The Morgan fingerprint density at radius 3 is 2.26 bits per heavy atom. The van der Waals surface area contributed by atoms with E-state index in [1.807, 2.05) is 18.2 Å². The van der Waals surface area contributed by atoms with E-state index in [1.54, 1.807) is 6.07 Å². The Bertz CT molecular complexity index is 519. The molecule has 2 aromatic carbocycles. The fourth-order valence-electron chi connectivity index (χ4n) is 2.13. The van der Waals surface area contributed by atoms with Crippen molar-refractivity contribution in [2.24, 2.45) is 0 Å². The van der Waals surface area contributed by atoms with Crippen LogP contribution in [0.5, 0.6) is 5.75 Å². The molecule has 0 aromatic heterocycles. The lowest BCUT2D eigenvalue weighted by Gasteiger charge is -2.15. The van der Waals surface area contributed by atoms with Crippen molar-refractivity contribution in [3.63, 3.8) is 0 Å². The van der Waals surface area contributed by atoms with Crippen molar-refractivity contribution in [2.75, 3.05) is 0 Å². The molecule has 0 fully saturated rings. The number of phenols is 1. The van der Waals surface area contributed by atoms with Crippen molar-refractivity contribution >= 4 is 0 Å². The first-order chi connectivity index (χ1) is 9.20. The Labute approximate surface area is 115 Å². The summed E-state index contributed by atoms with van der Waals surface area (Å²) in [5, 5.41) is 13.2. The Morgan fingerprint density at radius 1 is 1.00 bits per heavy atom. The van der Waals surface area contributed by atoms with Gasteiger partial charge in [0.15, 0.2) is 0 Å². The molecule has 0 saturated carbocycles. The number of aromatic hydroxyl groups is 1. The van der Waals surface area contributed by atoms with Crippen LogP contribution in [0.15, 0.2) is 48.5 Å². The molecular formula is C17H21NO. The molecule has 0 aliphatic carbocycles. The van der Waals surface area contributed by atoms with Crippen molar-refractivity contribution in [1.82, 2.24) is 5.32 Å². The van der Waals surface area contributed by atoms with Crippen LogP contribution in [-0.4, -0.2) is 5.11 Å². The third-order valence-electron chi connectivity index (χ3n) is 3.45. The van der Waals surface area contributed by atoms with Crippen molar-refractivity contribution in [1.29, 1.82) is 0 Å². The van der Waals surface area contributed by atoms with Gasteiger partial charge in [0.25, 0.3) is 0 Å². The predicted octanol–water partition coefficient (Wildman–Crippen LogP) is 3.81. The van der Waals surface area contributed by atoms with Gasteiger partial charge in [-0.1, -0.05) is 49.4 Å². The highest BCUT2D eigenvalue weighted by Crippen LogP contribution is 2.23. The molecule has 2 nitrogen and oxygen atoms in total. The number of hydrogen-bond donors (Lipinski definition) is 2. The van der Waals surface area contributed by atoms with Crippen LogP contribution in [0.25, 0.3) is 0 Å². The topological polar surface area (TPSA) is 32.3 Å². The largest absolute Gasteiger partial charge is 0.508 e. The SMILES string of the molecule is CCc1ccc(CNC(C)c2ccccc2O)cc1. The number of rotatable bonds is 5. The maximum atomic E-state index is 9.81. The first-order valence-electron chi connectivity index (χ1n) is 6.79. The van der Waals surface area contributed by atoms with Crippen LogP contribution in [0.4, 0.5) is 0 Å². The summed E-state index contributed by atoms with van der Waals surface area (Å²) in [7, 11) is 0. The second-order valence-corrected chi connectivity index (χ2v) is 4.83. The smallest absolute Gasteiger partial charge is 0.120 e. The summed E-state index contributed by atoms with van der Waals surface area (Å²) in [5.74, 6) is 0.351. The van der Waals surface area contributed by atoms with Gasteiger partial charge >= 0.3 is 0 Å². The molecule has 2 aromatic rings. The van der Waals surface area contributed by atoms with Gasteiger partial charge in [-0.3, -0.25) is 0 Å². The molecule has 0 heterocycles. The highest BCUT2D eigenvalue weighted by molar-refractivity contribution is 5.34. The van der Waals surface area contributed by atoms with Crippen LogP contribution >= 0.6 is 0 Å². The second kappa shape index (κ2) is 6.39. The van der Waals surface area contributed by atoms with Crippen molar-refractivity contribution in [3.05, 3.63) is 65.2 Å². The van der Waals surface area contributed by atoms with Gasteiger partial charge in [-0.15, -0.1) is 0 Å². The van der Waals surface area contributed by atoms with E-state index in [0.717, 1.165) is 18.5 Å². The van der Waals surface area contributed by atoms with Crippen LogP contribution < -0.4 is 5.32 Å². The van der Waals surface area contributed by atoms with E-state index < -0.39 is 0 Å². The average Bonchev–Trinajstić information content (AvgIpc) is 2.46. The molecule has 2 N–H and O–H groups in total. The predicted molar refractivity (Wildman–Crippen MR) is 79.2 cm³/mol. The number of hydrogen-bond acceptors (Lipinski definition) is 2. The Balaban J connectivity index is 1.96.